The second-order valence-electron chi connectivity index (χ2n) is 1.39. The lowest BCUT2D eigenvalue weighted by Crippen LogP contribution is -1.92. The summed E-state index contributed by atoms with van der Waals surface area (Å²) in [5.74, 6) is 0. The van der Waals surface area contributed by atoms with Crippen molar-refractivity contribution in [2.75, 3.05) is 0 Å². The normalized spacial score (nSPS) is 12.3. The van der Waals surface area contributed by atoms with Crippen LogP contribution in [0.2, 0.25) is 0 Å². The summed E-state index contributed by atoms with van der Waals surface area (Å²) in [4.78, 5) is 8.01. The van der Waals surface area contributed by atoms with Crippen LogP contribution in [0.1, 0.15) is 13.8 Å². The molecule has 0 aliphatic rings. The van der Waals surface area contributed by atoms with Crippen molar-refractivity contribution < 1.29 is 14.0 Å². The van der Waals surface area contributed by atoms with Gasteiger partial charge in [-0.1, -0.05) is 0 Å². The first-order valence-corrected chi connectivity index (χ1v) is 3.09. The third kappa shape index (κ3) is 6.02. The SMILES string of the molecule is CC(C)O[P+](=O)O. The monoisotopic (exact) mass is 123 g/mol. The molecule has 0 spiro atoms. The molecule has 42 valence electrons. The van der Waals surface area contributed by atoms with E-state index in [-0.39, 0.29) is 6.10 Å². The molecule has 0 saturated heterocycles. The van der Waals surface area contributed by atoms with E-state index in [1.807, 2.05) is 0 Å². The van der Waals surface area contributed by atoms with E-state index in [0.717, 1.165) is 0 Å². The van der Waals surface area contributed by atoms with E-state index < -0.39 is 8.25 Å². The van der Waals surface area contributed by atoms with Crippen molar-refractivity contribution in [3.05, 3.63) is 0 Å². The summed E-state index contributed by atoms with van der Waals surface area (Å²) in [5.41, 5.74) is 0. The molecule has 0 aromatic carbocycles. The maximum absolute atomic E-state index is 9.74. The molecule has 0 rings (SSSR count). The van der Waals surface area contributed by atoms with E-state index in [0.29, 0.717) is 0 Å². The molecule has 4 heteroatoms. The van der Waals surface area contributed by atoms with Gasteiger partial charge in [-0.3, -0.25) is 0 Å². The van der Waals surface area contributed by atoms with Crippen molar-refractivity contribution in [2.24, 2.45) is 0 Å². The lowest BCUT2D eigenvalue weighted by atomic mass is 10.5. The van der Waals surface area contributed by atoms with Crippen molar-refractivity contribution in [2.45, 2.75) is 20.0 Å². The van der Waals surface area contributed by atoms with Crippen LogP contribution < -0.4 is 0 Å². The molecular formula is C3H8O3P+. The fraction of sp³-hybridized carbons (Fsp3) is 1.00. The zero-order valence-electron chi connectivity index (χ0n) is 4.29. The fourth-order valence-corrected chi connectivity index (χ4v) is 0.541. The molecule has 0 amide bonds. The van der Waals surface area contributed by atoms with Crippen molar-refractivity contribution >= 4 is 8.25 Å². The van der Waals surface area contributed by atoms with Gasteiger partial charge >= 0.3 is 8.25 Å². The third-order valence-corrected chi connectivity index (χ3v) is 0.903. The summed E-state index contributed by atoms with van der Waals surface area (Å²) in [6.07, 6.45) is -0.159. The van der Waals surface area contributed by atoms with Gasteiger partial charge in [0.25, 0.3) is 0 Å². The van der Waals surface area contributed by atoms with Gasteiger partial charge in [-0.25, -0.2) is 0 Å². The van der Waals surface area contributed by atoms with E-state index in [1.165, 1.54) is 0 Å². The van der Waals surface area contributed by atoms with Gasteiger partial charge in [0.15, 0.2) is 0 Å². The minimum absolute atomic E-state index is 0.159. The lowest BCUT2D eigenvalue weighted by Gasteiger charge is -1.85. The predicted molar refractivity (Wildman–Crippen MR) is 26.0 cm³/mol. The molecule has 0 bridgehead atoms. The summed E-state index contributed by atoms with van der Waals surface area (Å²) in [6, 6.07) is 0. The Kier molecular flexibility index (Phi) is 3.09. The summed E-state index contributed by atoms with van der Waals surface area (Å²) >= 11 is 0. The molecule has 0 heterocycles. The molecule has 0 aromatic rings. The molecule has 0 radical (unpaired) electrons. The quantitative estimate of drug-likeness (QED) is 0.558. The third-order valence-electron chi connectivity index (χ3n) is 0.301. The maximum Gasteiger partial charge on any atom is 0.694 e. The number of hydrogen-bond acceptors (Lipinski definition) is 2. The molecule has 0 saturated carbocycles. The van der Waals surface area contributed by atoms with Crippen LogP contribution >= 0.6 is 8.25 Å². The van der Waals surface area contributed by atoms with Crippen LogP contribution in [0.4, 0.5) is 0 Å². The molecular weight excluding hydrogens is 115 g/mol. The molecule has 7 heavy (non-hydrogen) atoms. The highest BCUT2D eigenvalue weighted by atomic mass is 31.1. The van der Waals surface area contributed by atoms with Gasteiger partial charge in [0.2, 0.25) is 0 Å². The van der Waals surface area contributed by atoms with E-state index in [1.54, 1.807) is 13.8 Å². The van der Waals surface area contributed by atoms with Gasteiger partial charge in [-0.15, -0.1) is 9.42 Å². The number of hydrogen-bond donors (Lipinski definition) is 1. The van der Waals surface area contributed by atoms with Gasteiger partial charge in [0.1, 0.15) is 6.10 Å². The highest BCUT2D eigenvalue weighted by Gasteiger charge is 2.13. The van der Waals surface area contributed by atoms with Crippen LogP contribution in [0.15, 0.2) is 0 Å². The van der Waals surface area contributed by atoms with Crippen molar-refractivity contribution in [3.63, 3.8) is 0 Å². The highest BCUT2D eigenvalue weighted by molar-refractivity contribution is 7.32. The Morgan fingerprint density at radius 3 is 2.14 bits per heavy atom. The lowest BCUT2D eigenvalue weighted by molar-refractivity contribution is 0.222. The molecule has 0 fully saturated rings. The fourth-order valence-electron chi connectivity index (χ4n) is 0.180. The maximum atomic E-state index is 9.74. The first-order chi connectivity index (χ1) is 3.13. The summed E-state index contributed by atoms with van der Waals surface area (Å²) in [5, 5.41) is 0. The Bertz CT molecular complexity index is 70.6. The van der Waals surface area contributed by atoms with Gasteiger partial charge in [-0.05, 0) is 13.8 Å². The average molecular weight is 123 g/mol. The summed E-state index contributed by atoms with van der Waals surface area (Å²) in [6.45, 7) is 3.40. The van der Waals surface area contributed by atoms with E-state index in [2.05, 4.69) is 4.52 Å². The Hall–Kier alpha value is 0.0200. The van der Waals surface area contributed by atoms with Crippen LogP contribution in [0.3, 0.4) is 0 Å². The highest BCUT2D eigenvalue weighted by Crippen LogP contribution is 2.16. The molecule has 3 nitrogen and oxygen atoms in total. The minimum Gasteiger partial charge on any atom is -0.133 e. The minimum atomic E-state index is -2.39. The van der Waals surface area contributed by atoms with Crippen LogP contribution in [-0.4, -0.2) is 11.0 Å². The molecule has 1 unspecified atom stereocenters. The van der Waals surface area contributed by atoms with E-state index in [9.17, 15) is 4.57 Å². The predicted octanol–water partition coefficient (Wildman–Crippen LogP) is 1.06. The zero-order chi connectivity index (χ0) is 5.86. The molecule has 0 aliphatic heterocycles. The van der Waals surface area contributed by atoms with Crippen molar-refractivity contribution in [3.8, 4) is 0 Å². The van der Waals surface area contributed by atoms with Crippen molar-refractivity contribution in [1.29, 1.82) is 0 Å². The molecule has 0 aliphatic carbocycles. The Morgan fingerprint density at radius 1 is 1.71 bits per heavy atom. The van der Waals surface area contributed by atoms with Crippen LogP contribution in [0, 0.1) is 0 Å². The second kappa shape index (κ2) is 3.08. The standard InChI is InChI=1S/C3H7O3P/c1-3(2)6-7(4)5/h3H,1-2H3/p+1. The Morgan fingerprint density at radius 2 is 2.14 bits per heavy atom. The van der Waals surface area contributed by atoms with Gasteiger partial charge in [-0.2, -0.15) is 0 Å². The van der Waals surface area contributed by atoms with E-state index >= 15 is 0 Å². The van der Waals surface area contributed by atoms with Gasteiger partial charge < -0.3 is 0 Å². The summed E-state index contributed by atoms with van der Waals surface area (Å²) in [7, 11) is -2.39. The smallest absolute Gasteiger partial charge is 0.133 e. The van der Waals surface area contributed by atoms with Crippen molar-refractivity contribution in [1.82, 2.24) is 0 Å². The van der Waals surface area contributed by atoms with Crippen LogP contribution in [0.25, 0.3) is 0 Å². The average Bonchev–Trinajstić information content (AvgIpc) is 1.27. The van der Waals surface area contributed by atoms with Gasteiger partial charge in [0, 0.05) is 4.57 Å². The molecule has 0 aromatic heterocycles. The largest absolute Gasteiger partial charge is 0.694 e. The Balaban J connectivity index is 3.13. The van der Waals surface area contributed by atoms with Crippen LogP contribution in [-0.2, 0) is 9.09 Å². The van der Waals surface area contributed by atoms with Crippen LogP contribution in [0.5, 0.6) is 0 Å². The second-order valence-corrected chi connectivity index (χ2v) is 2.08. The Labute approximate surface area is 43.3 Å². The van der Waals surface area contributed by atoms with Gasteiger partial charge in [0.05, 0.1) is 0 Å². The summed E-state index contributed by atoms with van der Waals surface area (Å²) < 4.78 is 14.1. The molecule has 1 atom stereocenters. The zero-order valence-corrected chi connectivity index (χ0v) is 5.18. The number of rotatable bonds is 2. The first kappa shape index (κ1) is 7.02. The molecule has 1 N–H and O–H groups in total. The first-order valence-electron chi connectivity index (χ1n) is 1.96. The van der Waals surface area contributed by atoms with E-state index in [4.69, 9.17) is 4.89 Å². The topological polar surface area (TPSA) is 46.5 Å².